The molecule has 1 unspecified atom stereocenters. The molecular weight excluding hydrogens is 472 g/mol. The van der Waals surface area contributed by atoms with E-state index in [1.54, 1.807) is 0 Å². The van der Waals surface area contributed by atoms with Gasteiger partial charge < -0.3 is 5.11 Å². The third kappa shape index (κ3) is 4.08. The molecule has 0 aliphatic rings. The molecule has 39 heavy (non-hydrogen) atoms. The zero-order valence-electron chi connectivity index (χ0n) is 23.6. The summed E-state index contributed by atoms with van der Waals surface area (Å²) in [6.45, 7) is 15.2. The zero-order valence-corrected chi connectivity index (χ0v) is 23.6. The molecule has 6 rings (SSSR count). The summed E-state index contributed by atoms with van der Waals surface area (Å²) in [4.78, 5) is 0. The van der Waals surface area contributed by atoms with E-state index < -0.39 is 0 Å². The molecule has 6 aromatic rings. The third-order valence-electron chi connectivity index (χ3n) is 8.61. The van der Waals surface area contributed by atoms with Crippen molar-refractivity contribution in [1.82, 2.24) is 0 Å². The van der Waals surface area contributed by atoms with Gasteiger partial charge in [0.05, 0.1) is 0 Å². The van der Waals surface area contributed by atoms with Crippen molar-refractivity contribution >= 4 is 61.0 Å². The van der Waals surface area contributed by atoms with Crippen molar-refractivity contribution in [3.63, 3.8) is 0 Å². The summed E-state index contributed by atoms with van der Waals surface area (Å²) in [6, 6.07) is 28.9. The van der Waals surface area contributed by atoms with Crippen LogP contribution in [-0.2, 0) is 0 Å². The van der Waals surface area contributed by atoms with E-state index in [1.165, 1.54) is 54.0 Å². The van der Waals surface area contributed by atoms with Gasteiger partial charge in [-0.25, -0.2) is 0 Å². The quantitative estimate of drug-likeness (QED) is 0.186. The monoisotopic (exact) mass is 508 g/mol. The van der Waals surface area contributed by atoms with E-state index in [0.29, 0.717) is 5.92 Å². The second-order valence-corrected chi connectivity index (χ2v) is 12.0. The molecule has 0 saturated carbocycles. The Bertz CT molecular complexity index is 2000. The first-order chi connectivity index (χ1) is 18.7. The Hall–Kier alpha value is -4.10. The third-order valence-corrected chi connectivity index (χ3v) is 8.61. The molecule has 0 spiro atoms. The first-order valence-electron chi connectivity index (χ1n) is 13.9. The van der Waals surface area contributed by atoms with Crippen LogP contribution >= 0.6 is 0 Å². The minimum Gasteiger partial charge on any atom is -0.508 e. The van der Waals surface area contributed by atoms with Gasteiger partial charge in [-0.2, -0.15) is 0 Å². The Labute approximate surface area is 230 Å². The number of rotatable bonds is 4. The highest BCUT2D eigenvalue weighted by atomic mass is 16.3. The Morgan fingerprint density at radius 2 is 1.41 bits per heavy atom. The highest BCUT2D eigenvalue weighted by molar-refractivity contribution is 6.23. The maximum absolute atomic E-state index is 10.5. The van der Waals surface area contributed by atoms with Gasteiger partial charge >= 0.3 is 0 Å². The molecule has 6 aromatic carbocycles. The highest BCUT2D eigenvalue weighted by Gasteiger charge is 2.27. The van der Waals surface area contributed by atoms with Crippen LogP contribution in [0.4, 0.5) is 0 Å². The maximum atomic E-state index is 10.5. The normalized spacial score (nSPS) is 14.3. The van der Waals surface area contributed by atoms with Gasteiger partial charge in [0, 0.05) is 10.9 Å². The zero-order chi connectivity index (χ0) is 27.5. The molecular formula is C38H36O. The van der Waals surface area contributed by atoms with Crippen molar-refractivity contribution in [2.45, 2.75) is 47.0 Å². The van der Waals surface area contributed by atoms with Crippen LogP contribution < -0.4 is 10.4 Å². The SMILES string of the molecule is C=C(O)c1cc/c(=C/C)c2c(C)cc/c(=C/CC(c3ccc4ccc5cccc6ccc3c4c56)C(C)(C)C)c12. The molecule has 194 valence electrons. The van der Waals surface area contributed by atoms with Crippen LogP contribution in [0.1, 0.15) is 56.7 Å². The van der Waals surface area contributed by atoms with E-state index in [4.69, 9.17) is 0 Å². The molecule has 0 aliphatic carbocycles. The summed E-state index contributed by atoms with van der Waals surface area (Å²) in [5, 5.41) is 23.1. The van der Waals surface area contributed by atoms with Gasteiger partial charge in [0.1, 0.15) is 5.76 Å². The summed E-state index contributed by atoms with van der Waals surface area (Å²) in [7, 11) is 0. The van der Waals surface area contributed by atoms with E-state index in [-0.39, 0.29) is 11.2 Å². The molecule has 0 aliphatic heterocycles. The number of hydrogen-bond acceptors (Lipinski definition) is 1. The summed E-state index contributed by atoms with van der Waals surface area (Å²) >= 11 is 0. The first kappa shape index (κ1) is 25.2. The lowest BCUT2D eigenvalue weighted by Crippen LogP contribution is -2.20. The minimum absolute atomic E-state index is 0.0473. The molecule has 0 bridgehead atoms. The fourth-order valence-electron chi connectivity index (χ4n) is 6.63. The second kappa shape index (κ2) is 9.27. The van der Waals surface area contributed by atoms with Crippen molar-refractivity contribution < 1.29 is 5.11 Å². The maximum Gasteiger partial charge on any atom is 0.116 e. The van der Waals surface area contributed by atoms with Crippen molar-refractivity contribution in [2.24, 2.45) is 5.41 Å². The standard InChI is InChI=1S/C38H36O/c1-7-25-15-19-30(24(3)39)36-28(12-11-23(2)34(25)36)18-22-33(38(4,5)6)31-20-16-29-14-13-26-9-8-10-27-17-21-32(31)37(29)35(26)27/h7-21,33,39H,3,22H2,1-2,4-6H3/b25-7-,28-18-. The number of aliphatic hydroxyl groups excluding tert-OH is 1. The van der Waals surface area contributed by atoms with Gasteiger partial charge in [-0.1, -0.05) is 118 Å². The van der Waals surface area contributed by atoms with E-state index in [1.807, 2.05) is 6.07 Å². The lowest BCUT2D eigenvalue weighted by atomic mass is 9.72. The van der Waals surface area contributed by atoms with Gasteiger partial charge in [-0.3, -0.25) is 0 Å². The number of fused-ring (bicyclic) bond motifs is 1. The first-order valence-corrected chi connectivity index (χ1v) is 13.9. The smallest absolute Gasteiger partial charge is 0.116 e. The van der Waals surface area contributed by atoms with Gasteiger partial charge in [0.2, 0.25) is 0 Å². The second-order valence-electron chi connectivity index (χ2n) is 12.0. The molecule has 0 heterocycles. The van der Waals surface area contributed by atoms with Gasteiger partial charge in [-0.05, 0) is 90.9 Å². The highest BCUT2D eigenvalue weighted by Crippen LogP contribution is 2.44. The Morgan fingerprint density at radius 1 is 0.769 bits per heavy atom. The minimum atomic E-state index is 0.0473. The molecule has 1 atom stereocenters. The van der Waals surface area contributed by atoms with Crippen molar-refractivity contribution in [3.8, 4) is 0 Å². The van der Waals surface area contributed by atoms with Crippen molar-refractivity contribution in [1.29, 1.82) is 0 Å². The molecule has 1 nitrogen and oxygen atoms in total. The average Bonchev–Trinajstić information content (AvgIpc) is 2.92. The number of aliphatic hydroxyl groups is 1. The molecule has 0 amide bonds. The molecule has 1 N–H and O–H groups in total. The summed E-state index contributed by atoms with van der Waals surface area (Å²) in [5.41, 5.74) is 3.46. The van der Waals surface area contributed by atoms with E-state index in [2.05, 4.69) is 126 Å². The largest absolute Gasteiger partial charge is 0.508 e. The number of benzene rings is 6. The van der Waals surface area contributed by atoms with Crippen LogP contribution in [-0.4, -0.2) is 5.11 Å². The van der Waals surface area contributed by atoms with Crippen LogP contribution in [0.5, 0.6) is 0 Å². The lowest BCUT2D eigenvalue weighted by Gasteiger charge is -2.32. The fraction of sp³-hybridized carbons (Fsp3) is 0.211. The summed E-state index contributed by atoms with van der Waals surface area (Å²) in [6.07, 6.45) is 5.41. The predicted octanol–water partition coefficient (Wildman–Crippen LogP) is 9.38. The predicted molar refractivity (Wildman–Crippen MR) is 171 cm³/mol. The molecule has 1 heteroatoms. The van der Waals surface area contributed by atoms with Crippen molar-refractivity contribution in [2.75, 3.05) is 0 Å². The van der Waals surface area contributed by atoms with Crippen LogP contribution in [0.2, 0.25) is 0 Å². The number of hydrogen-bond donors (Lipinski definition) is 1. The summed E-state index contributed by atoms with van der Waals surface area (Å²) < 4.78 is 0. The fourth-order valence-corrected chi connectivity index (χ4v) is 6.63. The van der Waals surface area contributed by atoms with Crippen LogP contribution in [0.3, 0.4) is 0 Å². The molecule has 0 fully saturated rings. The number of aryl methyl sites for hydroxylation is 1. The Balaban J connectivity index is 1.59. The average molecular weight is 509 g/mol. The molecule has 0 radical (unpaired) electrons. The van der Waals surface area contributed by atoms with E-state index in [9.17, 15) is 5.11 Å². The van der Waals surface area contributed by atoms with Crippen LogP contribution in [0.15, 0.2) is 85.4 Å². The Kier molecular flexibility index (Phi) is 5.99. The Morgan fingerprint density at radius 3 is 2.08 bits per heavy atom. The summed E-state index contributed by atoms with van der Waals surface area (Å²) in [5.74, 6) is 0.419. The van der Waals surface area contributed by atoms with Crippen LogP contribution in [0, 0.1) is 12.3 Å². The van der Waals surface area contributed by atoms with Crippen LogP contribution in [0.25, 0.3) is 61.0 Å². The van der Waals surface area contributed by atoms with Gasteiger partial charge in [0.25, 0.3) is 0 Å². The van der Waals surface area contributed by atoms with E-state index in [0.717, 1.165) is 22.6 Å². The lowest BCUT2D eigenvalue weighted by molar-refractivity contribution is 0.327. The topological polar surface area (TPSA) is 20.2 Å². The van der Waals surface area contributed by atoms with Gasteiger partial charge in [0.15, 0.2) is 0 Å². The van der Waals surface area contributed by atoms with E-state index >= 15 is 0 Å². The van der Waals surface area contributed by atoms with Gasteiger partial charge in [-0.15, -0.1) is 0 Å². The molecule has 0 aromatic heterocycles. The molecule has 0 saturated heterocycles. The van der Waals surface area contributed by atoms with Crippen molar-refractivity contribution in [3.05, 3.63) is 113 Å².